The van der Waals surface area contributed by atoms with E-state index >= 15 is 0 Å². The maximum absolute atomic E-state index is 7.34. The molecule has 0 amide bonds. The summed E-state index contributed by atoms with van der Waals surface area (Å²) in [5.41, 5.74) is 5.46. The fourth-order valence-electron chi connectivity index (χ4n) is 2.05. The molecule has 0 aliphatic carbocycles. The Bertz CT molecular complexity index is 179. The molecule has 3 N–H and O–H groups in total. The summed E-state index contributed by atoms with van der Waals surface area (Å²) in [5, 5.41) is 7.34. The van der Waals surface area contributed by atoms with Gasteiger partial charge in [0.25, 0.3) is 0 Å². The maximum Gasteiger partial charge on any atom is 0.0947 e. The molecule has 3 heteroatoms. The molecule has 0 saturated carbocycles. The van der Waals surface area contributed by atoms with Gasteiger partial charge in [-0.1, -0.05) is 13.8 Å². The number of nitrogens with zero attached hydrogens (tertiary/aromatic N) is 1. The fourth-order valence-corrected chi connectivity index (χ4v) is 2.05. The van der Waals surface area contributed by atoms with Crippen LogP contribution in [-0.2, 0) is 0 Å². The number of likely N-dealkylation sites (tertiary alicyclic amines) is 1. The van der Waals surface area contributed by atoms with Crippen LogP contribution in [0.25, 0.3) is 0 Å². The van der Waals surface area contributed by atoms with E-state index in [-0.39, 0.29) is 5.92 Å². The second kappa shape index (κ2) is 4.61. The highest BCUT2D eigenvalue weighted by Gasteiger charge is 2.24. The van der Waals surface area contributed by atoms with Crippen LogP contribution in [0.2, 0.25) is 0 Å². The molecule has 76 valence electrons. The van der Waals surface area contributed by atoms with Gasteiger partial charge in [0.15, 0.2) is 0 Å². The van der Waals surface area contributed by atoms with Crippen molar-refractivity contribution >= 4 is 5.84 Å². The molecule has 0 aromatic carbocycles. The molecular weight excluding hydrogens is 162 g/mol. The van der Waals surface area contributed by atoms with E-state index in [1.165, 1.54) is 25.8 Å². The number of nitrogens with two attached hydrogens (primary N) is 1. The zero-order valence-corrected chi connectivity index (χ0v) is 8.71. The standard InChI is InChI=1S/C10H21N3/c1-3-9-5-4-6-13(9)7-8(2)10(11)12/h8-9H,3-7H2,1-2H3,(H3,11,12). The van der Waals surface area contributed by atoms with Gasteiger partial charge < -0.3 is 5.73 Å². The Kier molecular flexibility index (Phi) is 3.72. The lowest BCUT2D eigenvalue weighted by atomic mass is 10.1. The van der Waals surface area contributed by atoms with Crippen molar-refractivity contribution in [1.82, 2.24) is 4.90 Å². The summed E-state index contributed by atoms with van der Waals surface area (Å²) in [5.74, 6) is 0.536. The van der Waals surface area contributed by atoms with Gasteiger partial charge in [-0.25, -0.2) is 0 Å². The predicted octanol–water partition coefficient (Wildman–Crippen LogP) is 1.43. The molecule has 0 aromatic rings. The van der Waals surface area contributed by atoms with Gasteiger partial charge in [-0.05, 0) is 25.8 Å². The number of nitrogens with one attached hydrogen (secondary N) is 1. The number of hydrogen-bond acceptors (Lipinski definition) is 2. The van der Waals surface area contributed by atoms with Gasteiger partial charge in [0.05, 0.1) is 5.84 Å². The third kappa shape index (κ3) is 2.69. The molecule has 1 rings (SSSR count). The van der Waals surface area contributed by atoms with Crippen molar-refractivity contribution in [1.29, 1.82) is 5.41 Å². The minimum Gasteiger partial charge on any atom is -0.387 e. The van der Waals surface area contributed by atoms with Crippen molar-refractivity contribution in [2.45, 2.75) is 39.2 Å². The van der Waals surface area contributed by atoms with Gasteiger partial charge in [-0.15, -0.1) is 0 Å². The van der Waals surface area contributed by atoms with Gasteiger partial charge in [0, 0.05) is 18.5 Å². The van der Waals surface area contributed by atoms with Crippen LogP contribution in [0.1, 0.15) is 33.1 Å². The van der Waals surface area contributed by atoms with E-state index in [0.29, 0.717) is 5.84 Å². The number of amidine groups is 1. The third-order valence-electron chi connectivity index (χ3n) is 3.01. The highest BCUT2D eigenvalue weighted by atomic mass is 15.2. The molecule has 0 radical (unpaired) electrons. The minimum atomic E-state index is 0.215. The summed E-state index contributed by atoms with van der Waals surface area (Å²) < 4.78 is 0. The minimum absolute atomic E-state index is 0.215. The molecule has 2 unspecified atom stereocenters. The smallest absolute Gasteiger partial charge is 0.0947 e. The lowest BCUT2D eigenvalue weighted by molar-refractivity contribution is 0.234. The quantitative estimate of drug-likeness (QED) is 0.512. The topological polar surface area (TPSA) is 53.1 Å². The molecule has 13 heavy (non-hydrogen) atoms. The van der Waals surface area contributed by atoms with Crippen LogP contribution < -0.4 is 5.73 Å². The van der Waals surface area contributed by atoms with Gasteiger partial charge in [-0.2, -0.15) is 0 Å². The van der Waals surface area contributed by atoms with Gasteiger partial charge in [-0.3, -0.25) is 10.3 Å². The molecule has 1 aliphatic heterocycles. The summed E-state index contributed by atoms with van der Waals surface area (Å²) >= 11 is 0. The Morgan fingerprint density at radius 3 is 2.92 bits per heavy atom. The lowest BCUT2D eigenvalue weighted by Crippen LogP contribution is -2.37. The molecule has 0 spiro atoms. The molecule has 1 saturated heterocycles. The molecule has 1 heterocycles. The molecule has 2 atom stereocenters. The van der Waals surface area contributed by atoms with Crippen molar-refractivity contribution < 1.29 is 0 Å². The Labute approximate surface area is 80.8 Å². The van der Waals surface area contributed by atoms with Crippen LogP contribution >= 0.6 is 0 Å². The predicted molar refractivity (Wildman–Crippen MR) is 56.0 cm³/mol. The Hall–Kier alpha value is -0.570. The monoisotopic (exact) mass is 183 g/mol. The third-order valence-corrected chi connectivity index (χ3v) is 3.01. The zero-order chi connectivity index (χ0) is 9.84. The van der Waals surface area contributed by atoms with Crippen LogP contribution in [0, 0.1) is 11.3 Å². The van der Waals surface area contributed by atoms with Crippen molar-refractivity contribution in [3.63, 3.8) is 0 Å². The van der Waals surface area contributed by atoms with E-state index in [2.05, 4.69) is 11.8 Å². The summed E-state index contributed by atoms with van der Waals surface area (Å²) in [4.78, 5) is 2.48. The van der Waals surface area contributed by atoms with Crippen LogP contribution in [0.3, 0.4) is 0 Å². The highest BCUT2D eigenvalue weighted by molar-refractivity contribution is 5.79. The molecule has 0 aromatic heterocycles. The first kappa shape index (κ1) is 10.5. The van der Waals surface area contributed by atoms with E-state index in [1.54, 1.807) is 0 Å². The molecular formula is C10H21N3. The molecule has 3 nitrogen and oxygen atoms in total. The van der Waals surface area contributed by atoms with Crippen molar-refractivity contribution in [2.75, 3.05) is 13.1 Å². The van der Waals surface area contributed by atoms with E-state index in [1.807, 2.05) is 6.92 Å². The van der Waals surface area contributed by atoms with Crippen molar-refractivity contribution in [2.24, 2.45) is 11.7 Å². The SMILES string of the molecule is CCC1CCCN1CC(C)C(=N)N. The first-order valence-corrected chi connectivity index (χ1v) is 5.23. The average Bonchev–Trinajstić information content (AvgIpc) is 2.51. The van der Waals surface area contributed by atoms with Crippen LogP contribution in [0.5, 0.6) is 0 Å². The summed E-state index contributed by atoms with van der Waals surface area (Å²) in [7, 11) is 0. The highest BCUT2D eigenvalue weighted by Crippen LogP contribution is 2.20. The lowest BCUT2D eigenvalue weighted by Gasteiger charge is -2.25. The first-order chi connectivity index (χ1) is 6.15. The van der Waals surface area contributed by atoms with Gasteiger partial charge in [0.2, 0.25) is 0 Å². The van der Waals surface area contributed by atoms with Crippen molar-refractivity contribution in [3.05, 3.63) is 0 Å². The largest absolute Gasteiger partial charge is 0.387 e. The number of rotatable bonds is 4. The second-order valence-corrected chi connectivity index (χ2v) is 4.06. The van der Waals surface area contributed by atoms with E-state index in [0.717, 1.165) is 12.6 Å². The Morgan fingerprint density at radius 1 is 1.69 bits per heavy atom. The number of hydrogen-bond donors (Lipinski definition) is 2. The fraction of sp³-hybridized carbons (Fsp3) is 0.900. The maximum atomic E-state index is 7.34. The van der Waals surface area contributed by atoms with E-state index in [9.17, 15) is 0 Å². The summed E-state index contributed by atoms with van der Waals surface area (Å²) in [6, 6.07) is 0.738. The van der Waals surface area contributed by atoms with Crippen LogP contribution in [0.15, 0.2) is 0 Å². The van der Waals surface area contributed by atoms with E-state index < -0.39 is 0 Å². The Balaban J connectivity index is 2.39. The molecule has 1 fully saturated rings. The molecule has 0 bridgehead atoms. The summed E-state index contributed by atoms with van der Waals surface area (Å²) in [6.07, 6.45) is 3.86. The zero-order valence-electron chi connectivity index (χ0n) is 8.71. The molecule has 1 aliphatic rings. The van der Waals surface area contributed by atoms with E-state index in [4.69, 9.17) is 11.1 Å². The van der Waals surface area contributed by atoms with Crippen molar-refractivity contribution in [3.8, 4) is 0 Å². The summed E-state index contributed by atoms with van der Waals surface area (Å²) in [6.45, 7) is 6.43. The second-order valence-electron chi connectivity index (χ2n) is 4.06. The van der Waals surface area contributed by atoms with Gasteiger partial charge >= 0.3 is 0 Å². The van der Waals surface area contributed by atoms with Crippen LogP contribution in [-0.4, -0.2) is 29.9 Å². The average molecular weight is 183 g/mol. The first-order valence-electron chi connectivity index (χ1n) is 5.23. The normalized spacial score (nSPS) is 26.2. The van der Waals surface area contributed by atoms with Gasteiger partial charge in [0.1, 0.15) is 0 Å². The Morgan fingerprint density at radius 2 is 2.38 bits per heavy atom. The van der Waals surface area contributed by atoms with Crippen LogP contribution in [0.4, 0.5) is 0 Å².